The lowest BCUT2D eigenvalue weighted by atomic mass is 9.99. The number of piperidine rings is 2. The van der Waals surface area contributed by atoms with E-state index in [4.69, 9.17) is 9.26 Å². The second-order valence-corrected chi connectivity index (χ2v) is 11.1. The van der Waals surface area contributed by atoms with Crippen molar-refractivity contribution in [2.75, 3.05) is 32.1 Å². The van der Waals surface area contributed by atoms with Crippen molar-refractivity contribution in [1.29, 1.82) is 0 Å². The van der Waals surface area contributed by atoms with E-state index in [9.17, 15) is 13.2 Å². The van der Waals surface area contributed by atoms with E-state index in [-0.39, 0.29) is 47.3 Å². The number of nitrogens with zero attached hydrogens (tertiary/aromatic N) is 2. The molecule has 0 aliphatic carbocycles. The zero-order chi connectivity index (χ0) is 20.7. The number of hydrogen-bond donors (Lipinski definition) is 2. The van der Waals surface area contributed by atoms with Gasteiger partial charge in [0.1, 0.15) is 5.76 Å². The van der Waals surface area contributed by atoms with Crippen molar-refractivity contribution in [2.45, 2.75) is 62.6 Å². The monoisotopic (exact) mass is 438 g/mol. The number of hydrogen-bond acceptors (Lipinski definition) is 7. The number of ether oxygens (including phenoxy) is 1. The summed E-state index contributed by atoms with van der Waals surface area (Å²) in [7, 11) is -3.27. The molecule has 1 amide bonds. The van der Waals surface area contributed by atoms with Gasteiger partial charge in [-0.2, -0.15) is 4.31 Å². The Balaban J connectivity index is 1.19. The summed E-state index contributed by atoms with van der Waals surface area (Å²) in [5, 5.41) is 10.3. The minimum absolute atomic E-state index is 0.0132. The summed E-state index contributed by atoms with van der Waals surface area (Å²) in [6.45, 7) is 3.01. The van der Waals surface area contributed by atoms with Crippen LogP contribution in [0.25, 0.3) is 0 Å². The fourth-order valence-corrected chi connectivity index (χ4v) is 7.78. The lowest BCUT2D eigenvalue weighted by Gasteiger charge is -2.39. The second kappa shape index (κ2) is 8.22. The molecule has 4 aliphatic rings. The highest BCUT2D eigenvalue weighted by Crippen LogP contribution is 2.39. The van der Waals surface area contributed by atoms with E-state index in [2.05, 4.69) is 15.8 Å². The van der Waals surface area contributed by atoms with Crippen molar-refractivity contribution in [3.63, 3.8) is 0 Å². The number of nitrogens with one attached hydrogen (secondary N) is 2. The van der Waals surface area contributed by atoms with Gasteiger partial charge in [0.25, 0.3) is 5.91 Å². The van der Waals surface area contributed by atoms with Crippen LogP contribution in [0.3, 0.4) is 0 Å². The Morgan fingerprint density at radius 2 is 1.87 bits per heavy atom. The first-order valence-corrected chi connectivity index (χ1v) is 12.7. The molecule has 9 nitrogen and oxygen atoms in total. The smallest absolute Gasteiger partial charge is 0.273 e. The van der Waals surface area contributed by atoms with Gasteiger partial charge in [-0.15, -0.1) is 0 Å². The highest BCUT2D eigenvalue weighted by molar-refractivity contribution is 7.89. The molecule has 0 aromatic carbocycles. The third-order valence-corrected chi connectivity index (χ3v) is 9.16. The Kier molecular flexibility index (Phi) is 5.59. The maximum absolute atomic E-state index is 13.2. The van der Waals surface area contributed by atoms with E-state index in [0.717, 1.165) is 38.8 Å². The number of carbonyl (C=O) groups is 1. The van der Waals surface area contributed by atoms with Crippen LogP contribution in [0, 0.1) is 5.92 Å². The minimum atomic E-state index is -3.27. The second-order valence-electron chi connectivity index (χ2n) is 9.18. The molecular formula is C20H30N4O5S. The Morgan fingerprint density at radius 1 is 1.17 bits per heavy atom. The zero-order valence-corrected chi connectivity index (χ0v) is 17.9. The first-order chi connectivity index (χ1) is 14.5. The number of amides is 1. The Hall–Kier alpha value is -1.49. The topological polar surface area (TPSA) is 114 Å². The highest BCUT2D eigenvalue weighted by Gasteiger charge is 2.47. The normalized spacial score (nSPS) is 30.9. The van der Waals surface area contributed by atoms with Crippen molar-refractivity contribution >= 4 is 15.9 Å². The summed E-state index contributed by atoms with van der Waals surface area (Å²) < 4.78 is 38.5. The lowest BCUT2D eigenvalue weighted by molar-refractivity contribution is -0.00228. The summed E-state index contributed by atoms with van der Waals surface area (Å²) in [5.74, 6) is 1.12. The first kappa shape index (κ1) is 20.4. The Labute approximate surface area is 176 Å². The molecule has 5 rings (SSSR count). The third-order valence-electron chi connectivity index (χ3n) is 7.03. The maximum atomic E-state index is 13.2. The molecular weight excluding hydrogens is 408 g/mol. The van der Waals surface area contributed by atoms with Crippen LogP contribution in [-0.4, -0.2) is 74.0 Å². The van der Waals surface area contributed by atoms with E-state index in [1.54, 1.807) is 10.4 Å². The van der Waals surface area contributed by atoms with E-state index >= 15 is 0 Å². The molecule has 1 unspecified atom stereocenters. The van der Waals surface area contributed by atoms with Gasteiger partial charge in [-0.05, 0) is 57.5 Å². The van der Waals surface area contributed by atoms with Gasteiger partial charge < -0.3 is 19.9 Å². The molecule has 166 valence electrons. The van der Waals surface area contributed by atoms with Crippen molar-refractivity contribution in [1.82, 2.24) is 20.1 Å². The molecule has 4 saturated heterocycles. The largest absolute Gasteiger partial charge is 0.380 e. The molecule has 5 heterocycles. The summed E-state index contributed by atoms with van der Waals surface area (Å²) in [6, 6.07) is 1.63. The van der Waals surface area contributed by atoms with Gasteiger partial charge in [0, 0.05) is 24.2 Å². The zero-order valence-electron chi connectivity index (χ0n) is 17.1. The van der Waals surface area contributed by atoms with E-state index in [1.165, 1.54) is 0 Å². The fraction of sp³-hybridized carbons (Fsp3) is 0.800. The molecule has 0 spiro atoms. The lowest BCUT2D eigenvalue weighted by Crippen LogP contribution is -2.53. The van der Waals surface area contributed by atoms with Crippen molar-refractivity contribution in [3.05, 3.63) is 17.5 Å². The highest BCUT2D eigenvalue weighted by atomic mass is 32.2. The predicted octanol–water partition coefficient (Wildman–Crippen LogP) is 0.843. The standard InChI is InChI=1S/C20H30N4O5S/c25-20(18-9-19(29-23-18)14-10-28-11-14)22-15-7-16-1-2-17(8-15)24(16)30(26,27)12-13-3-5-21-6-4-13/h9,13-17,21H,1-8,10-12H2,(H,22,25)/t15?,16-,17+. The van der Waals surface area contributed by atoms with Crippen LogP contribution >= 0.6 is 0 Å². The number of rotatable bonds is 6. The van der Waals surface area contributed by atoms with Gasteiger partial charge in [0.05, 0.1) is 24.9 Å². The molecule has 4 aliphatic heterocycles. The summed E-state index contributed by atoms with van der Waals surface area (Å²) in [6.07, 6.45) is 4.92. The van der Waals surface area contributed by atoms with E-state index < -0.39 is 10.0 Å². The van der Waals surface area contributed by atoms with Gasteiger partial charge in [-0.3, -0.25) is 4.79 Å². The molecule has 0 radical (unpaired) electrons. The van der Waals surface area contributed by atoms with Crippen LogP contribution in [-0.2, 0) is 14.8 Å². The molecule has 10 heteroatoms. The molecule has 3 atom stereocenters. The fourth-order valence-electron chi connectivity index (χ4n) is 5.39. The molecule has 30 heavy (non-hydrogen) atoms. The van der Waals surface area contributed by atoms with Crippen LogP contribution in [0.1, 0.15) is 60.7 Å². The molecule has 1 aromatic rings. The van der Waals surface area contributed by atoms with Crippen molar-refractivity contribution in [2.24, 2.45) is 5.92 Å². The quantitative estimate of drug-likeness (QED) is 0.677. The minimum Gasteiger partial charge on any atom is -0.380 e. The molecule has 0 saturated carbocycles. The van der Waals surface area contributed by atoms with Crippen molar-refractivity contribution in [3.8, 4) is 0 Å². The van der Waals surface area contributed by atoms with Gasteiger partial charge in [-0.25, -0.2) is 8.42 Å². The number of aromatic nitrogens is 1. The van der Waals surface area contributed by atoms with Gasteiger partial charge in [0.15, 0.2) is 5.69 Å². The average Bonchev–Trinajstić information content (AvgIpc) is 3.25. The van der Waals surface area contributed by atoms with Crippen LogP contribution in [0.2, 0.25) is 0 Å². The van der Waals surface area contributed by atoms with Crippen LogP contribution in [0.15, 0.2) is 10.6 Å². The van der Waals surface area contributed by atoms with Crippen LogP contribution in [0.4, 0.5) is 0 Å². The Morgan fingerprint density at radius 3 is 2.50 bits per heavy atom. The molecule has 1 aromatic heterocycles. The van der Waals surface area contributed by atoms with Crippen LogP contribution < -0.4 is 10.6 Å². The van der Waals surface area contributed by atoms with Gasteiger partial charge >= 0.3 is 0 Å². The Bertz CT molecular complexity index is 864. The average molecular weight is 439 g/mol. The van der Waals surface area contributed by atoms with E-state index in [0.29, 0.717) is 31.8 Å². The maximum Gasteiger partial charge on any atom is 0.273 e. The number of sulfonamides is 1. The molecule has 4 fully saturated rings. The number of carbonyl (C=O) groups excluding carboxylic acids is 1. The summed E-state index contributed by atoms with van der Waals surface area (Å²) in [4.78, 5) is 12.6. The van der Waals surface area contributed by atoms with Crippen molar-refractivity contribution < 1.29 is 22.5 Å². The number of fused-ring (bicyclic) bond motifs is 2. The van der Waals surface area contributed by atoms with Gasteiger partial charge in [-0.1, -0.05) is 5.16 Å². The molecule has 2 N–H and O–H groups in total. The predicted molar refractivity (Wildman–Crippen MR) is 109 cm³/mol. The summed E-state index contributed by atoms with van der Waals surface area (Å²) >= 11 is 0. The first-order valence-electron chi connectivity index (χ1n) is 11.1. The van der Waals surface area contributed by atoms with Gasteiger partial charge in [0.2, 0.25) is 10.0 Å². The van der Waals surface area contributed by atoms with E-state index in [1.807, 2.05) is 0 Å². The molecule has 2 bridgehead atoms. The third kappa shape index (κ3) is 4.02. The summed E-state index contributed by atoms with van der Waals surface area (Å²) in [5.41, 5.74) is 0.283. The van der Waals surface area contributed by atoms with Crippen LogP contribution in [0.5, 0.6) is 0 Å². The SMILES string of the molecule is O=C(NC1C[C@H]2CC[C@@H](C1)N2S(=O)(=O)CC1CCNCC1)c1cc(C2COC2)on1.